The van der Waals surface area contributed by atoms with Crippen LogP contribution in [0.5, 0.6) is 0 Å². The van der Waals surface area contributed by atoms with Gasteiger partial charge in [0.1, 0.15) is 4.32 Å². The predicted molar refractivity (Wildman–Crippen MR) is 79.1 cm³/mol. The molecule has 0 aromatic rings. The molecule has 1 nitrogen and oxygen atoms in total. The molecule has 0 aromatic heterocycles. The summed E-state index contributed by atoms with van der Waals surface area (Å²) in [5, 5.41) is 1.64. The number of hydrogen-bond donors (Lipinski definition) is 2. The Morgan fingerprint density at radius 2 is 1.62 bits per heavy atom. The molecule has 0 bridgehead atoms. The SMILES string of the molecule is CCCCCCC[CH2][Zn][CH](C)C.NC(=S)S. The van der Waals surface area contributed by atoms with Gasteiger partial charge in [0.15, 0.2) is 0 Å². The van der Waals surface area contributed by atoms with Gasteiger partial charge < -0.3 is 5.73 Å². The summed E-state index contributed by atoms with van der Waals surface area (Å²) in [6.07, 6.45) is 8.86. The first-order valence-electron chi connectivity index (χ1n) is 6.49. The molecule has 0 saturated carbocycles. The van der Waals surface area contributed by atoms with Gasteiger partial charge in [0.2, 0.25) is 0 Å². The van der Waals surface area contributed by atoms with Gasteiger partial charge in [0.25, 0.3) is 0 Å². The van der Waals surface area contributed by atoms with Gasteiger partial charge in [-0.05, 0) is 0 Å². The van der Waals surface area contributed by atoms with Crippen molar-refractivity contribution in [3.05, 3.63) is 0 Å². The number of unbranched alkanes of at least 4 members (excludes halogenated alkanes) is 5. The van der Waals surface area contributed by atoms with Gasteiger partial charge in [-0.25, -0.2) is 0 Å². The molecule has 4 heteroatoms. The first kappa shape index (κ1) is 19.2. The van der Waals surface area contributed by atoms with Crippen LogP contribution >= 0.6 is 24.8 Å². The second kappa shape index (κ2) is 15.9. The zero-order valence-electron chi connectivity index (χ0n) is 11.2. The molecular formula is C12H27NS2Zn. The van der Waals surface area contributed by atoms with Crippen LogP contribution in [0, 0.1) is 0 Å². The van der Waals surface area contributed by atoms with Crippen molar-refractivity contribution in [1.29, 1.82) is 0 Å². The van der Waals surface area contributed by atoms with Crippen LogP contribution in [-0.2, 0) is 17.1 Å². The van der Waals surface area contributed by atoms with Crippen LogP contribution < -0.4 is 5.73 Å². The summed E-state index contributed by atoms with van der Waals surface area (Å²) in [6, 6.07) is 0. The average Bonchev–Trinajstić information content (AvgIpc) is 2.15. The third kappa shape index (κ3) is 29.4. The van der Waals surface area contributed by atoms with E-state index in [4.69, 9.17) is 5.73 Å². The van der Waals surface area contributed by atoms with E-state index in [1.807, 2.05) is 0 Å². The molecular weight excluding hydrogens is 288 g/mol. The van der Waals surface area contributed by atoms with Crippen LogP contribution in [-0.4, -0.2) is 4.32 Å². The van der Waals surface area contributed by atoms with Crippen molar-refractivity contribution in [3.8, 4) is 0 Å². The maximum Gasteiger partial charge on any atom is 0.128 e. The summed E-state index contributed by atoms with van der Waals surface area (Å²) in [4.78, 5) is 0. The van der Waals surface area contributed by atoms with Crippen LogP contribution in [0.4, 0.5) is 0 Å². The standard InChI is InChI=1S/C8H17.C3H7.CH3NS2.Zn/c1-3-5-7-8-6-4-2;1-3-2;2-1(3)4;/h1,3-8H2,2H3;3H,1-2H3;(H3,2,3,4);. The molecule has 0 fully saturated rings. The molecule has 0 aliphatic heterocycles. The van der Waals surface area contributed by atoms with Crippen LogP contribution in [0.25, 0.3) is 0 Å². The third-order valence-corrected chi connectivity index (χ3v) is 6.71. The first-order valence-corrected chi connectivity index (χ1v) is 11.2. The zero-order chi connectivity index (χ0) is 12.8. The fourth-order valence-corrected chi connectivity index (χ4v) is 4.57. The normalized spacial score (nSPS) is 9.31. The van der Waals surface area contributed by atoms with E-state index in [1.54, 1.807) is 11.4 Å². The van der Waals surface area contributed by atoms with Gasteiger partial charge in [0, 0.05) is 0 Å². The molecule has 0 spiro atoms. The number of rotatable bonds is 8. The Hall–Kier alpha value is 0.863. The van der Waals surface area contributed by atoms with Crippen molar-refractivity contribution in [2.75, 3.05) is 0 Å². The maximum atomic E-state index is 4.71. The van der Waals surface area contributed by atoms with Crippen molar-refractivity contribution in [2.45, 2.75) is 68.8 Å². The van der Waals surface area contributed by atoms with Gasteiger partial charge in [-0.1, -0.05) is 12.2 Å². The molecule has 0 saturated heterocycles. The summed E-state index contributed by atoms with van der Waals surface area (Å²) in [7, 11) is 0. The number of hydrogen-bond acceptors (Lipinski definition) is 1. The Labute approximate surface area is 120 Å². The average molecular weight is 315 g/mol. The Balaban J connectivity index is 0. The van der Waals surface area contributed by atoms with Crippen LogP contribution in [0.3, 0.4) is 0 Å². The van der Waals surface area contributed by atoms with Crippen molar-refractivity contribution in [3.63, 3.8) is 0 Å². The van der Waals surface area contributed by atoms with Crippen LogP contribution in [0.1, 0.15) is 59.3 Å². The first-order chi connectivity index (χ1) is 7.50. The molecule has 0 atom stereocenters. The second-order valence-electron chi connectivity index (χ2n) is 4.64. The van der Waals surface area contributed by atoms with Crippen molar-refractivity contribution >= 4 is 29.2 Å². The quantitative estimate of drug-likeness (QED) is 0.290. The molecule has 2 N–H and O–H groups in total. The zero-order valence-corrected chi connectivity index (χ0v) is 15.8. The van der Waals surface area contributed by atoms with Crippen LogP contribution in [0.15, 0.2) is 0 Å². The molecule has 0 aliphatic carbocycles. The smallest absolute Gasteiger partial charge is 0.128 e. The minimum absolute atomic E-state index is 0.0846. The van der Waals surface area contributed by atoms with E-state index in [0.717, 1.165) is 4.51 Å². The van der Waals surface area contributed by atoms with Gasteiger partial charge in [-0.15, -0.1) is 12.6 Å². The van der Waals surface area contributed by atoms with Crippen LogP contribution in [0.2, 0.25) is 9.53 Å². The summed E-state index contributed by atoms with van der Waals surface area (Å²) in [5.74, 6) is 0. The van der Waals surface area contributed by atoms with E-state index in [0.29, 0.717) is 0 Å². The van der Waals surface area contributed by atoms with Crippen molar-refractivity contribution in [2.24, 2.45) is 5.73 Å². The molecule has 0 aromatic carbocycles. The second-order valence-corrected chi connectivity index (χ2v) is 12.0. The topological polar surface area (TPSA) is 26.0 Å². The minimum Gasteiger partial charge on any atom is -0.385 e. The fraction of sp³-hybridized carbons (Fsp3) is 0.917. The van der Waals surface area contributed by atoms with E-state index in [2.05, 4.69) is 45.6 Å². The van der Waals surface area contributed by atoms with Crippen molar-refractivity contribution < 1.29 is 17.1 Å². The minimum atomic E-state index is -0.0846. The summed E-state index contributed by atoms with van der Waals surface area (Å²) >= 11 is 7.57. The maximum absolute atomic E-state index is 4.71. The largest absolute Gasteiger partial charge is 0.385 e. The van der Waals surface area contributed by atoms with Crippen molar-refractivity contribution in [1.82, 2.24) is 0 Å². The molecule has 0 unspecified atom stereocenters. The van der Waals surface area contributed by atoms with E-state index >= 15 is 0 Å². The molecule has 0 rings (SSSR count). The van der Waals surface area contributed by atoms with Gasteiger partial charge in [-0.2, -0.15) is 0 Å². The summed E-state index contributed by atoms with van der Waals surface area (Å²) < 4.78 is 1.29. The molecule has 0 aliphatic rings. The molecule has 94 valence electrons. The molecule has 16 heavy (non-hydrogen) atoms. The molecule has 0 amide bonds. The van der Waals surface area contributed by atoms with E-state index < -0.39 is 0 Å². The van der Waals surface area contributed by atoms with E-state index in [1.165, 1.54) is 32.1 Å². The Morgan fingerprint density at radius 1 is 1.19 bits per heavy atom. The molecule has 0 radical (unpaired) electrons. The van der Waals surface area contributed by atoms with Gasteiger partial charge >= 0.3 is 86.0 Å². The molecule has 0 heterocycles. The summed E-state index contributed by atoms with van der Waals surface area (Å²) in [6.45, 7) is 7.09. The Bertz CT molecular complexity index is 148. The van der Waals surface area contributed by atoms with Gasteiger partial charge in [-0.3, -0.25) is 0 Å². The number of thiol groups is 1. The number of nitrogens with two attached hydrogens (primary N) is 1. The fourth-order valence-electron chi connectivity index (χ4n) is 1.51. The van der Waals surface area contributed by atoms with E-state index in [9.17, 15) is 0 Å². The summed E-state index contributed by atoms with van der Waals surface area (Å²) in [5.41, 5.74) is 4.71. The van der Waals surface area contributed by atoms with Gasteiger partial charge in [0.05, 0.1) is 0 Å². The monoisotopic (exact) mass is 313 g/mol. The van der Waals surface area contributed by atoms with E-state index in [-0.39, 0.29) is 21.4 Å². The Morgan fingerprint density at radius 3 is 2.06 bits per heavy atom. The number of thiocarbonyl (C=S) groups is 1. The predicted octanol–water partition coefficient (Wildman–Crippen LogP) is 4.84. The Kier molecular flexibility index (Phi) is 19.0. The third-order valence-electron chi connectivity index (χ3n) is 2.39.